The van der Waals surface area contributed by atoms with Gasteiger partial charge in [-0.1, -0.05) is 6.92 Å². The van der Waals surface area contributed by atoms with Crippen molar-refractivity contribution in [2.75, 3.05) is 33.4 Å². The molecule has 2 aliphatic heterocycles. The van der Waals surface area contributed by atoms with Gasteiger partial charge in [-0.05, 0) is 45.2 Å². The summed E-state index contributed by atoms with van der Waals surface area (Å²) in [5.41, 5.74) is 0.210. The third-order valence-corrected chi connectivity index (χ3v) is 4.33. The van der Waals surface area contributed by atoms with Crippen molar-refractivity contribution in [2.24, 2.45) is 5.92 Å². The zero-order chi connectivity index (χ0) is 11.6. The van der Waals surface area contributed by atoms with E-state index in [1.54, 1.807) is 7.11 Å². The van der Waals surface area contributed by atoms with E-state index < -0.39 is 0 Å². The monoisotopic (exact) mass is 226 g/mol. The maximum atomic E-state index is 5.32. The second-order valence-electron chi connectivity index (χ2n) is 5.68. The zero-order valence-electron chi connectivity index (χ0n) is 11.0. The van der Waals surface area contributed by atoms with E-state index in [2.05, 4.69) is 24.1 Å². The van der Waals surface area contributed by atoms with Gasteiger partial charge in [0.25, 0.3) is 0 Å². The maximum absolute atomic E-state index is 5.32. The van der Waals surface area contributed by atoms with Crippen molar-refractivity contribution >= 4 is 0 Å². The molecule has 3 atom stereocenters. The Bertz CT molecular complexity index is 234. The molecule has 3 unspecified atom stereocenters. The summed E-state index contributed by atoms with van der Waals surface area (Å²) < 4.78 is 5.32. The minimum Gasteiger partial charge on any atom is -0.383 e. The first-order valence-electron chi connectivity index (χ1n) is 6.66. The molecule has 0 aromatic carbocycles. The third-order valence-electron chi connectivity index (χ3n) is 4.33. The lowest BCUT2D eigenvalue weighted by molar-refractivity contribution is 0.123. The highest BCUT2D eigenvalue weighted by Gasteiger charge is 2.41. The summed E-state index contributed by atoms with van der Waals surface area (Å²) in [6.07, 6.45) is 4.04. The van der Waals surface area contributed by atoms with Crippen LogP contribution in [0.3, 0.4) is 0 Å². The summed E-state index contributed by atoms with van der Waals surface area (Å²) in [6.45, 7) is 9.10. The molecule has 2 rings (SSSR count). The Morgan fingerprint density at radius 1 is 1.50 bits per heavy atom. The van der Waals surface area contributed by atoms with Crippen LogP contribution in [0.15, 0.2) is 0 Å². The van der Waals surface area contributed by atoms with Gasteiger partial charge in [0, 0.05) is 25.2 Å². The number of rotatable bonds is 4. The largest absolute Gasteiger partial charge is 0.383 e. The van der Waals surface area contributed by atoms with Crippen LogP contribution in [-0.2, 0) is 4.74 Å². The summed E-state index contributed by atoms with van der Waals surface area (Å²) in [4.78, 5) is 2.66. The second kappa shape index (κ2) is 5.03. The fraction of sp³-hybridized carbons (Fsp3) is 1.00. The number of hydrogen-bond acceptors (Lipinski definition) is 3. The highest BCUT2D eigenvalue weighted by atomic mass is 16.5. The van der Waals surface area contributed by atoms with E-state index >= 15 is 0 Å². The molecule has 3 heteroatoms. The SMILES string of the molecule is CCN1CCCC1C1CNC(C)(COC)C1. The Balaban J connectivity index is 1.92. The van der Waals surface area contributed by atoms with Crippen LogP contribution >= 0.6 is 0 Å². The Morgan fingerprint density at radius 3 is 3.00 bits per heavy atom. The molecule has 0 amide bonds. The van der Waals surface area contributed by atoms with Crippen LogP contribution in [0.25, 0.3) is 0 Å². The molecule has 2 heterocycles. The summed E-state index contributed by atoms with van der Waals surface area (Å²) >= 11 is 0. The Labute approximate surface area is 99.5 Å². The molecular weight excluding hydrogens is 200 g/mol. The average Bonchev–Trinajstić information content (AvgIpc) is 2.84. The van der Waals surface area contributed by atoms with Gasteiger partial charge in [0.1, 0.15) is 0 Å². The number of nitrogens with zero attached hydrogens (tertiary/aromatic N) is 1. The molecule has 0 radical (unpaired) electrons. The molecule has 2 fully saturated rings. The zero-order valence-corrected chi connectivity index (χ0v) is 11.0. The van der Waals surface area contributed by atoms with Gasteiger partial charge in [0.15, 0.2) is 0 Å². The summed E-state index contributed by atoms with van der Waals surface area (Å²) in [6, 6.07) is 0.816. The van der Waals surface area contributed by atoms with E-state index in [9.17, 15) is 0 Å². The summed E-state index contributed by atoms with van der Waals surface area (Å²) in [5, 5.41) is 3.65. The molecular formula is C13H26N2O. The fourth-order valence-electron chi connectivity index (χ4n) is 3.58. The number of ether oxygens (including phenoxy) is 1. The van der Waals surface area contributed by atoms with Crippen LogP contribution < -0.4 is 5.32 Å². The molecule has 1 N–H and O–H groups in total. The number of likely N-dealkylation sites (tertiary alicyclic amines) is 1. The van der Waals surface area contributed by atoms with Crippen molar-refractivity contribution in [3.05, 3.63) is 0 Å². The van der Waals surface area contributed by atoms with E-state index in [0.717, 1.165) is 18.6 Å². The first kappa shape index (κ1) is 12.3. The summed E-state index contributed by atoms with van der Waals surface area (Å²) in [7, 11) is 1.80. The molecule has 94 valence electrons. The predicted octanol–water partition coefficient (Wildman–Crippen LogP) is 1.49. The third kappa shape index (κ3) is 2.41. The fourth-order valence-corrected chi connectivity index (χ4v) is 3.58. The highest BCUT2D eigenvalue weighted by molar-refractivity contribution is 4.99. The van der Waals surface area contributed by atoms with E-state index in [4.69, 9.17) is 4.74 Å². The Kier molecular flexibility index (Phi) is 3.88. The van der Waals surface area contributed by atoms with Gasteiger partial charge >= 0.3 is 0 Å². The maximum Gasteiger partial charge on any atom is 0.0641 e. The highest BCUT2D eigenvalue weighted by Crippen LogP contribution is 2.33. The van der Waals surface area contributed by atoms with Gasteiger partial charge in [0.05, 0.1) is 6.61 Å². The van der Waals surface area contributed by atoms with Gasteiger partial charge in [-0.3, -0.25) is 0 Å². The van der Waals surface area contributed by atoms with Crippen molar-refractivity contribution in [3.63, 3.8) is 0 Å². The van der Waals surface area contributed by atoms with Crippen LogP contribution in [0.1, 0.15) is 33.1 Å². The van der Waals surface area contributed by atoms with Crippen LogP contribution in [0.2, 0.25) is 0 Å². The molecule has 2 aliphatic rings. The topological polar surface area (TPSA) is 24.5 Å². The van der Waals surface area contributed by atoms with Gasteiger partial charge in [-0.2, -0.15) is 0 Å². The minimum atomic E-state index is 0.210. The average molecular weight is 226 g/mol. The van der Waals surface area contributed by atoms with E-state index in [1.807, 2.05) is 0 Å². The smallest absolute Gasteiger partial charge is 0.0641 e. The first-order valence-corrected chi connectivity index (χ1v) is 6.66. The predicted molar refractivity (Wildman–Crippen MR) is 66.7 cm³/mol. The van der Waals surface area contributed by atoms with E-state index in [0.29, 0.717) is 0 Å². The number of hydrogen-bond donors (Lipinski definition) is 1. The van der Waals surface area contributed by atoms with E-state index in [1.165, 1.54) is 38.9 Å². The van der Waals surface area contributed by atoms with Gasteiger partial charge in [-0.15, -0.1) is 0 Å². The van der Waals surface area contributed by atoms with Crippen LogP contribution in [0.5, 0.6) is 0 Å². The molecule has 0 aliphatic carbocycles. The van der Waals surface area contributed by atoms with Crippen molar-refractivity contribution in [3.8, 4) is 0 Å². The summed E-state index contributed by atoms with van der Waals surface area (Å²) in [5.74, 6) is 0.822. The van der Waals surface area contributed by atoms with Crippen molar-refractivity contribution in [1.29, 1.82) is 0 Å². The van der Waals surface area contributed by atoms with Crippen LogP contribution in [-0.4, -0.2) is 49.8 Å². The van der Waals surface area contributed by atoms with Crippen molar-refractivity contribution in [1.82, 2.24) is 10.2 Å². The molecule has 3 nitrogen and oxygen atoms in total. The molecule has 0 aromatic rings. The van der Waals surface area contributed by atoms with Gasteiger partial charge < -0.3 is 15.0 Å². The normalized spacial score (nSPS) is 40.7. The molecule has 0 saturated carbocycles. The van der Waals surface area contributed by atoms with Gasteiger partial charge in [0.2, 0.25) is 0 Å². The second-order valence-corrected chi connectivity index (χ2v) is 5.68. The molecule has 0 spiro atoms. The van der Waals surface area contributed by atoms with Crippen molar-refractivity contribution < 1.29 is 4.74 Å². The quantitative estimate of drug-likeness (QED) is 0.786. The first-order chi connectivity index (χ1) is 7.68. The Morgan fingerprint density at radius 2 is 2.31 bits per heavy atom. The molecule has 16 heavy (non-hydrogen) atoms. The molecule has 0 aromatic heterocycles. The van der Waals surface area contributed by atoms with Crippen LogP contribution in [0, 0.1) is 5.92 Å². The molecule has 0 bridgehead atoms. The Hall–Kier alpha value is -0.120. The lowest BCUT2D eigenvalue weighted by Crippen LogP contribution is -2.40. The lowest BCUT2D eigenvalue weighted by atomic mass is 9.89. The molecule has 2 saturated heterocycles. The van der Waals surface area contributed by atoms with E-state index in [-0.39, 0.29) is 5.54 Å². The van der Waals surface area contributed by atoms with Crippen molar-refractivity contribution in [2.45, 2.75) is 44.7 Å². The number of methoxy groups -OCH3 is 1. The van der Waals surface area contributed by atoms with Gasteiger partial charge in [-0.25, -0.2) is 0 Å². The standard InChI is InChI=1S/C13H26N2O/c1-4-15-7-5-6-12(15)11-8-13(2,10-16-3)14-9-11/h11-12,14H,4-10H2,1-3H3. The van der Waals surface area contributed by atoms with Crippen LogP contribution in [0.4, 0.5) is 0 Å². The minimum absolute atomic E-state index is 0.210. The lowest BCUT2D eigenvalue weighted by Gasteiger charge is -2.29. The number of nitrogens with one attached hydrogen (secondary N) is 1.